The molecule has 3 nitrogen and oxygen atoms in total. The van der Waals surface area contributed by atoms with Crippen LogP contribution in [0.15, 0.2) is 0 Å². The number of likely N-dealkylation sites (tertiary alicyclic amines) is 1. The number of rotatable bonds is 6. The zero-order chi connectivity index (χ0) is 10.7. The molecule has 1 unspecified atom stereocenters. The van der Waals surface area contributed by atoms with Crippen LogP contribution in [-0.2, 0) is 4.74 Å². The van der Waals surface area contributed by atoms with Gasteiger partial charge in [0.25, 0.3) is 0 Å². The van der Waals surface area contributed by atoms with Crippen molar-refractivity contribution in [1.29, 1.82) is 0 Å². The average Bonchev–Trinajstić information content (AvgIpc) is 2.80. The van der Waals surface area contributed by atoms with E-state index in [1.54, 1.807) is 7.11 Å². The normalized spacial score (nSPS) is 29.6. The highest BCUT2D eigenvalue weighted by Gasteiger charge is 2.43. The van der Waals surface area contributed by atoms with Crippen molar-refractivity contribution in [2.24, 2.45) is 17.1 Å². The molecule has 2 fully saturated rings. The first-order valence-electron chi connectivity index (χ1n) is 6.19. The molecule has 0 bridgehead atoms. The molecule has 2 rings (SSSR count). The van der Waals surface area contributed by atoms with E-state index < -0.39 is 0 Å². The summed E-state index contributed by atoms with van der Waals surface area (Å²) in [6.07, 6.45) is 5.33. The maximum absolute atomic E-state index is 5.67. The largest absolute Gasteiger partial charge is 0.384 e. The maximum atomic E-state index is 5.67. The Bertz CT molecular complexity index is 204. The number of hydrogen-bond donors (Lipinski definition) is 1. The van der Waals surface area contributed by atoms with Crippen molar-refractivity contribution in [3.63, 3.8) is 0 Å². The van der Waals surface area contributed by atoms with Crippen LogP contribution in [0, 0.1) is 11.3 Å². The maximum Gasteiger partial charge on any atom is 0.0503 e. The second-order valence-corrected chi connectivity index (χ2v) is 5.38. The Kier molecular flexibility index (Phi) is 3.65. The van der Waals surface area contributed by atoms with Gasteiger partial charge in [-0.1, -0.05) is 0 Å². The predicted molar refractivity (Wildman–Crippen MR) is 61.8 cm³/mol. The number of nitrogens with two attached hydrogens (primary N) is 1. The minimum absolute atomic E-state index is 0.608. The van der Waals surface area contributed by atoms with Crippen LogP contribution in [0.2, 0.25) is 0 Å². The van der Waals surface area contributed by atoms with E-state index in [0.29, 0.717) is 5.41 Å². The highest BCUT2D eigenvalue weighted by atomic mass is 16.5. The van der Waals surface area contributed by atoms with E-state index in [-0.39, 0.29) is 0 Å². The number of methoxy groups -OCH3 is 1. The van der Waals surface area contributed by atoms with Gasteiger partial charge in [-0.3, -0.25) is 0 Å². The van der Waals surface area contributed by atoms with E-state index in [0.717, 1.165) is 19.1 Å². The van der Waals surface area contributed by atoms with Crippen molar-refractivity contribution < 1.29 is 4.74 Å². The Morgan fingerprint density at radius 1 is 1.47 bits per heavy atom. The second kappa shape index (κ2) is 4.81. The summed E-state index contributed by atoms with van der Waals surface area (Å²) in [7, 11) is 1.81. The van der Waals surface area contributed by atoms with Gasteiger partial charge in [0.1, 0.15) is 0 Å². The molecule has 1 saturated heterocycles. The van der Waals surface area contributed by atoms with Crippen LogP contribution >= 0.6 is 0 Å². The summed E-state index contributed by atoms with van der Waals surface area (Å²) in [6, 6.07) is 0. The Hall–Kier alpha value is -0.120. The molecule has 1 saturated carbocycles. The van der Waals surface area contributed by atoms with Crippen molar-refractivity contribution in [2.45, 2.75) is 25.7 Å². The lowest BCUT2D eigenvalue weighted by molar-refractivity contribution is 0.150. The predicted octanol–water partition coefficient (Wildman–Crippen LogP) is 1.08. The van der Waals surface area contributed by atoms with Crippen LogP contribution < -0.4 is 5.73 Å². The van der Waals surface area contributed by atoms with Gasteiger partial charge < -0.3 is 15.4 Å². The molecular formula is C12H24N2O. The highest BCUT2D eigenvalue weighted by molar-refractivity contribution is 4.96. The van der Waals surface area contributed by atoms with Gasteiger partial charge in [-0.2, -0.15) is 0 Å². The van der Waals surface area contributed by atoms with Gasteiger partial charge in [-0.05, 0) is 50.1 Å². The summed E-state index contributed by atoms with van der Waals surface area (Å²) in [4.78, 5) is 2.62. The van der Waals surface area contributed by atoms with Gasteiger partial charge in [0.05, 0.1) is 6.61 Å². The lowest BCUT2D eigenvalue weighted by Crippen LogP contribution is -2.30. The summed E-state index contributed by atoms with van der Waals surface area (Å²) in [6.45, 7) is 5.57. The van der Waals surface area contributed by atoms with Crippen molar-refractivity contribution in [3.8, 4) is 0 Å². The number of hydrogen-bond acceptors (Lipinski definition) is 3. The SMILES string of the molecule is COCC1CCN(CC2(CCN)CC2)C1. The molecule has 0 radical (unpaired) electrons. The van der Waals surface area contributed by atoms with Crippen LogP contribution in [0.4, 0.5) is 0 Å². The Morgan fingerprint density at radius 3 is 2.87 bits per heavy atom. The zero-order valence-electron chi connectivity index (χ0n) is 9.87. The van der Waals surface area contributed by atoms with Crippen LogP contribution in [-0.4, -0.2) is 44.8 Å². The van der Waals surface area contributed by atoms with Gasteiger partial charge in [0.2, 0.25) is 0 Å². The molecule has 3 heteroatoms. The van der Waals surface area contributed by atoms with Crippen molar-refractivity contribution in [3.05, 3.63) is 0 Å². The van der Waals surface area contributed by atoms with Gasteiger partial charge in [-0.25, -0.2) is 0 Å². The fourth-order valence-electron chi connectivity index (χ4n) is 2.87. The average molecular weight is 212 g/mol. The fraction of sp³-hybridized carbons (Fsp3) is 1.00. The molecule has 2 N–H and O–H groups in total. The number of ether oxygens (including phenoxy) is 1. The fourth-order valence-corrected chi connectivity index (χ4v) is 2.87. The molecule has 1 aliphatic carbocycles. The standard InChI is InChI=1S/C12H24N2O/c1-15-9-11-2-7-14(8-11)10-12(3-4-12)5-6-13/h11H,2-10,13H2,1H3. The molecule has 1 atom stereocenters. The molecule has 0 aromatic carbocycles. The monoisotopic (exact) mass is 212 g/mol. The van der Waals surface area contributed by atoms with Crippen LogP contribution in [0.3, 0.4) is 0 Å². The zero-order valence-corrected chi connectivity index (χ0v) is 9.87. The topological polar surface area (TPSA) is 38.5 Å². The second-order valence-electron chi connectivity index (χ2n) is 5.38. The van der Waals surface area contributed by atoms with E-state index in [1.807, 2.05) is 0 Å². The molecule has 1 aliphatic heterocycles. The molecule has 0 aromatic heterocycles. The molecule has 15 heavy (non-hydrogen) atoms. The Balaban J connectivity index is 1.72. The summed E-state index contributed by atoms with van der Waals surface area (Å²) in [5.74, 6) is 0.767. The highest BCUT2D eigenvalue weighted by Crippen LogP contribution is 2.49. The molecule has 0 spiro atoms. The Labute approximate surface area is 93.0 Å². The molecular weight excluding hydrogens is 188 g/mol. The lowest BCUT2D eigenvalue weighted by Gasteiger charge is -2.22. The van der Waals surface area contributed by atoms with E-state index in [1.165, 1.54) is 45.3 Å². The van der Waals surface area contributed by atoms with Gasteiger partial charge in [0, 0.05) is 20.2 Å². The van der Waals surface area contributed by atoms with Gasteiger partial charge in [-0.15, -0.1) is 0 Å². The summed E-state index contributed by atoms with van der Waals surface area (Å²) in [5, 5.41) is 0. The number of nitrogens with zero attached hydrogens (tertiary/aromatic N) is 1. The van der Waals surface area contributed by atoms with Crippen molar-refractivity contribution >= 4 is 0 Å². The van der Waals surface area contributed by atoms with E-state index in [4.69, 9.17) is 10.5 Å². The van der Waals surface area contributed by atoms with E-state index >= 15 is 0 Å². The quantitative estimate of drug-likeness (QED) is 0.716. The minimum atomic E-state index is 0.608. The van der Waals surface area contributed by atoms with Crippen LogP contribution in [0.25, 0.3) is 0 Å². The van der Waals surface area contributed by atoms with Crippen LogP contribution in [0.1, 0.15) is 25.7 Å². The minimum Gasteiger partial charge on any atom is -0.384 e. The first-order valence-corrected chi connectivity index (χ1v) is 6.19. The summed E-state index contributed by atoms with van der Waals surface area (Å²) >= 11 is 0. The molecule has 88 valence electrons. The van der Waals surface area contributed by atoms with Crippen LogP contribution in [0.5, 0.6) is 0 Å². The third-order valence-corrected chi connectivity index (χ3v) is 3.96. The summed E-state index contributed by atoms with van der Waals surface area (Å²) < 4.78 is 5.22. The van der Waals surface area contributed by atoms with Crippen molar-refractivity contribution in [1.82, 2.24) is 4.90 Å². The molecule has 0 aromatic rings. The van der Waals surface area contributed by atoms with E-state index in [9.17, 15) is 0 Å². The Morgan fingerprint density at radius 2 is 2.27 bits per heavy atom. The third kappa shape index (κ3) is 2.92. The van der Waals surface area contributed by atoms with Gasteiger partial charge >= 0.3 is 0 Å². The van der Waals surface area contributed by atoms with Gasteiger partial charge in [0.15, 0.2) is 0 Å². The lowest BCUT2D eigenvalue weighted by atomic mass is 10.0. The first-order chi connectivity index (χ1) is 7.28. The van der Waals surface area contributed by atoms with E-state index in [2.05, 4.69) is 4.90 Å². The summed E-state index contributed by atoms with van der Waals surface area (Å²) in [5.41, 5.74) is 6.27. The third-order valence-electron chi connectivity index (χ3n) is 3.96. The smallest absolute Gasteiger partial charge is 0.0503 e. The molecule has 2 aliphatic rings. The molecule has 1 heterocycles. The molecule has 0 amide bonds. The first kappa shape index (κ1) is 11.4. The van der Waals surface area contributed by atoms with Crippen molar-refractivity contribution in [2.75, 3.05) is 39.9 Å².